The van der Waals surface area contributed by atoms with Gasteiger partial charge in [0.15, 0.2) is 0 Å². The van der Waals surface area contributed by atoms with Crippen LogP contribution in [0.15, 0.2) is 17.7 Å². The molecule has 78 valence electrons. The highest BCUT2D eigenvalue weighted by molar-refractivity contribution is 5.05. The molecule has 1 fully saturated rings. The van der Waals surface area contributed by atoms with E-state index >= 15 is 0 Å². The van der Waals surface area contributed by atoms with Gasteiger partial charge in [-0.3, -0.25) is 0 Å². The van der Waals surface area contributed by atoms with Crippen molar-refractivity contribution in [3.05, 3.63) is 31.2 Å². The van der Waals surface area contributed by atoms with E-state index in [4.69, 9.17) is 11.3 Å². The SMILES string of the molecule is [CH]=C(C)CCC1OC1/C=C\C(C)C[CH2]. The summed E-state index contributed by atoms with van der Waals surface area (Å²) >= 11 is 0. The van der Waals surface area contributed by atoms with Gasteiger partial charge in [0.05, 0.1) is 6.10 Å². The van der Waals surface area contributed by atoms with Crippen molar-refractivity contribution in [2.24, 2.45) is 5.92 Å². The third kappa shape index (κ3) is 4.10. The zero-order chi connectivity index (χ0) is 10.6. The van der Waals surface area contributed by atoms with Crippen LogP contribution in [-0.2, 0) is 4.74 Å². The maximum Gasteiger partial charge on any atom is 0.102 e. The van der Waals surface area contributed by atoms with E-state index < -0.39 is 0 Å². The molecule has 0 aromatic heterocycles. The Labute approximate surface area is 87.8 Å². The Kier molecular flexibility index (Phi) is 4.40. The van der Waals surface area contributed by atoms with Crippen LogP contribution < -0.4 is 0 Å². The van der Waals surface area contributed by atoms with Crippen LogP contribution in [0.4, 0.5) is 0 Å². The fourth-order valence-corrected chi connectivity index (χ4v) is 1.32. The second kappa shape index (κ2) is 5.35. The van der Waals surface area contributed by atoms with Crippen LogP contribution in [0.5, 0.6) is 0 Å². The summed E-state index contributed by atoms with van der Waals surface area (Å²) < 4.78 is 5.49. The Morgan fingerprint density at radius 1 is 1.64 bits per heavy atom. The highest BCUT2D eigenvalue weighted by Gasteiger charge is 2.35. The van der Waals surface area contributed by atoms with Crippen LogP contribution in [0.3, 0.4) is 0 Å². The average Bonchev–Trinajstić information content (AvgIpc) is 2.89. The van der Waals surface area contributed by atoms with Crippen molar-refractivity contribution < 1.29 is 4.74 Å². The number of hydrogen-bond donors (Lipinski definition) is 0. The molecule has 1 heteroatoms. The number of hydrogen-bond acceptors (Lipinski definition) is 1. The molecule has 14 heavy (non-hydrogen) atoms. The second-order valence-corrected chi connectivity index (χ2v) is 4.18. The Morgan fingerprint density at radius 2 is 2.36 bits per heavy atom. The van der Waals surface area contributed by atoms with Gasteiger partial charge in [-0.2, -0.15) is 0 Å². The molecule has 0 aromatic carbocycles. The van der Waals surface area contributed by atoms with Crippen molar-refractivity contribution in [1.29, 1.82) is 0 Å². The smallest absolute Gasteiger partial charge is 0.102 e. The van der Waals surface area contributed by atoms with Crippen LogP contribution in [0.25, 0.3) is 0 Å². The van der Waals surface area contributed by atoms with E-state index in [1.807, 2.05) is 6.92 Å². The monoisotopic (exact) mass is 192 g/mol. The summed E-state index contributed by atoms with van der Waals surface area (Å²) in [6.07, 6.45) is 8.06. The molecule has 0 N–H and O–H groups in total. The maximum atomic E-state index is 5.59. The minimum Gasteiger partial charge on any atom is -0.365 e. The molecule has 0 saturated carbocycles. The Bertz CT molecular complexity index is 217. The largest absolute Gasteiger partial charge is 0.365 e. The molecule has 3 atom stereocenters. The molecule has 0 aromatic rings. The molecule has 1 saturated heterocycles. The van der Waals surface area contributed by atoms with Crippen LogP contribution in [0, 0.1) is 19.4 Å². The molecule has 1 aliphatic heterocycles. The van der Waals surface area contributed by atoms with E-state index in [0.29, 0.717) is 18.1 Å². The third-order valence-electron chi connectivity index (χ3n) is 2.53. The number of allylic oxidation sites excluding steroid dienone is 2. The molecule has 0 bridgehead atoms. The van der Waals surface area contributed by atoms with E-state index in [1.54, 1.807) is 0 Å². The summed E-state index contributed by atoms with van der Waals surface area (Å²) in [6.45, 7) is 13.6. The van der Waals surface area contributed by atoms with Crippen LogP contribution in [0.2, 0.25) is 0 Å². The highest BCUT2D eigenvalue weighted by atomic mass is 16.6. The van der Waals surface area contributed by atoms with Gasteiger partial charge >= 0.3 is 0 Å². The van der Waals surface area contributed by atoms with Crippen molar-refractivity contribution in [2.75, 3.05) is 0 Å². The van der Waals surface area contributed by atoms with Gasteiger partial charge in [-0.1, -0.05) is 38.2 Å². The molecule has 1 rings (SSSR count). The van der Waals surface area contributed by atoms with Crippen LogP contribution in [0.1, 0.15) is 33.1 Å². The van der Waals surface area contributed by atoms with Crippen molar-refractivity contribution in [2.45, 2.75) is 45.3 Å². The second-order valence-electron chi connectivity index (χ2n) is 4.18. The van der Waals surface area contributed by atoms with Gasteiger partial charge in [0, 0.05) is 0 Å². The maximum absolute atomic E-state index is 5.59. The molecule has 1 nitrogen and oxygen atoms in total. The lowest BCUT2D eigenvalue weighted by molar-refractivity contribution is 0.379. The summed E-state index contributed by atoms with van der Waals surface area (Å²) in [6, 6.07) is 0. The van der Waals surface area contributed by atoms with Gasteiger partial charge < -0.3 is 4.74 Å². The van der Waals surface area contributed by atoms with Crippen molar-refractivity contribution >= 4 is 0 Å². The summed E-state index contributed by atoms with van der Waals surface area (Å²) in [7, 11) is 0. The number of ether oxygens (including phenoxy) is 1. The topological polar surface area (TPSA) is 12.5 Å². The van der Waals surface area contributed by atoms with Gasteiger partial charge in [0.2, 0.25) is 0 Å². The lowest BCUT2D eigenvalue weighted by atomic mass is 10.1. The lowest BCUT2D eigenvalue weighted by Gasteiger charge is -1.97. The zero-order valence-corrected chi connectivity index (χ0v) is 9.20. The van der Waals surface area contributed by atoms with Gasteiger partial charge in [0.1, 0.15) is 6.10 Å². The summed E-state index contributed by atoms with van der Waals surface area (Å²) in [5.41, 5.74) is 0.995. The molecule has 3 unspecified atom stereocenters. The Morgan fingerprint density at radius 3 is 2.93 bits per heavy atom. The minimum atomic E-state index is 0.336. The fourth-order valence-electron chi connectivity index (χ4n) is 1.32. The summed E-state index contributed by atoms with van der Waals surface area (Å²) in [5, 5.41) is 0. The van der Waals surface area contributed by atoms with Gasteiger partial charge in [-0.25, -0.2) is 0 Å². The minimum absolute atomic E-state index is 0.336. The van der Waals surface area contributed by atoms with Crippen LogP contribution in [-0.4, -0.2) is 12.2 Å². The van der Waals surface area contributed by atoms with Gasteiger partial charge in [-0.15, -0.1) is 0 Å². The first kappa shape index (κ1) is 11.5. The summed E-state index contributed by atoms with van der Waals surface area (Å²) in [4.78, 5) is 0. The van der Waals surface area contributed by atoms with Gasteiger partial charge in [-0.05, 0) is 32.1 Å². The van der Waals surface area contributed by atoms with Crippen molar-refractivity contribution in [3.63, 3.8) is 0 Å². The summed E-state index contributed by atoms with van der Waals surface area (Å²) in [5.74, 6) is 0.558. The van der Waals surface area contributed by atoms with E-state index in [0.717, 1.165) is 24.8 Å². The first-order valence-corrected chi connectivity index (χ1v) is 5.34. The third-order valence-corrected chi connectivity index (χ3v) is 2.53. The molecular formula is C13H20O. The highest BCUT2D eigenvalue weighted by Crippen LogP contribution is 2.29. The number of rotatable bonds is 6. The first-order chi connectivity index (χ1) is 6.63. The first-order valence-electron chi connectivity index (χ1n) is 5.34. The number of epoxide rings is 1. The lowest BCUT2D eigenvalue weighted by Crippen LogP contribution is -1.92. The molecule has 0 spiro atoms. The van der Waals surface area contributed by atoms with Crippen molar-refractivity contribution in [1.82, 2.24) is 0 Å². The molecular weight excluding hydrogens is 172 g/mol. The molecule has 0 amide bonds. The Hall–Kier alpha value is -0.560. The quantitative estimate of drug-likeness (QED) is 0.464. The van der Waals surface area contributed by atoms with Crippen molar-refractivity contribution in [3.8, 4) is 0 Å². The zero-order valence-electron chi connectivity index (χ0n) is 9.20. The fraction of sp³-hybridized carbons (Fsp3) is 0.615. The molecule has 1 heterocycles. The van der Waals surface area contributed by atoms with Crippen LogP contribution >= 0.6 is 0 Å². The standard InChI is InChI=1S/C13H20O/c1-5-11(4)7-9-13-12(14-13)8-6-10(2)3/h2,7,9,11-13H,1,5-6,8H2,3-4H3/b9-7-,10-2?. The Balaban J connectivity index is 2.13. The predicted molar refractivity (Wildman–Crippen MR) is 59.7 cm³/mol. The van der Waals surface area contributed by atoms with E-state index in [-0.39, 0.29) is 0 Å². The normalized spacial score (nSPS) is 27.9. The predicted octanol–water partition coefficient (Wildman–Crippen LogP) is 3.33. The molecule has 1 aliphatic rings. The van der Waals surface area contributed by atoms with E-state index in [2.05, 4.69) is 26.0 Å². The van der Waals surface area contributed by atoms with E-state index in [9.17, 15) is 0 Å². The molecule has 2 radical (unpaired) electrons. The molecule has 0 aliphatic carbocycles. The van der Waals surface area contributed by atoms with Gasteiger partial charge in [0.25, 0.3) is 0 Å². The van der Waals surface area contributed by atoms with E-state index in [1.165, 1.54) is 0 Å². The average molecular weight is 192 g/mol.